The Bertz CT molecular complexity index is 819. The molecule has 0 bridgehead atoms. The molecular formula is C17H16BrN3O4. The van der Waals surface area contributed by atoms with Crippen molar-refractivity contribution >= 4 is 33.7 Å². The topological polar surface area (TPSA) is 105 Å². The van der Waals surface area contributed by atoms with Crippen LogP contribution in [0, 0.1) is 10.1 Å². The van der Waals surface area contributed by atoms with E-state index >= 15 is 0 Å². The Hall–Kier alpha value is -2.74. The molecule has 2 N–H and O–H groups in total. The van der Waals surface area contributed by atoms with E-state index in [1.807, 2.05) is 24.3 Å². The van der Waals surface area contributed by atoms with Gasteiger partial charge in [0, 0.05) is 17.7 Å². The molecule has 25 heavy (non-hydrogen) atoms. The molecule has 2 aromatic carbocycles. The molecular weight excluding hydrogens is 390 g/mol. The molecule has 0 fully saturated rings. The number of phenols is 1. The van der Waals surface area contributed by atoms with Crippen LogP contribution in [0.2, 0.25) is 0 Å². The number of nitro groups is 1. The van der Waals surface area contributed by atoms with Crippen molar-refractivity contribution in [2.75, 3.05) is 0 Å². The summed E-state index contributed by atoms with van der Waals surface area (Å²) in [5.74, 6) is -0.525. The number of hydrogen-bond donors (Lipinski definition) is 2. The third-order valence-corrected chi connectivity index (χ3v) is 4.08. The second kappa shape index (κ2) is 8.39. The number of aryl methyl sites for hydroxylation is 1. The van der Waals surface area contributed by atoms with Gasteiger partial charge in [-0.15, -0.1) is 0 Å². The molecule has 0 radical (unpaired) electrons. The second-order valence-corrected chi connectivity index (χ2v) is 6.12. The van der Waals surface area contributed by atoms with Gasteiger partial charge in [0.05, 0.1) is 22.0 Å². The van der Waals surface area contributed by atoms with Gasteiger partial charge >= 0.3 is 0 Å². The highest BCUT2D eigenvalue weighted by atomic mass is 79.9. The molecule has 0 saturated carbocycles. The number of carbonyl (C=O) groups is 1. The van der Waals surface area contributed by atoms with Crippen molar-refractivity contribution in [3.05, 3.63) is 67.7 Å². The molecule has 2 rings (SSSR count). The number of hydrazone groups is 1. The summed E-state index contributed by atoms with van der Waals surface area (Å²) < 4.78 is 0.172. The number of carbonyl (C=O) groups excluding carboxylic acids is 1. The Morgan fingerprint density at radius 2 is 1.96 bits per heavy atom. The zero-order valence-electron chi connectivity index (χ0n) is 13.4. The lowest BCUT2D eigenvalue weighted by Gasteiger charge is -2.03. The Morgan fingerprint density at radius 1 is 1.32 bits per heavy atom. The Kier molecular flexibility index (Phi) is 6.24. The molecule has 0 unspecified atom stereocenters. The van der Waals surface area contributed by atoms with Crippen LogP contribution < -0.4 is 5.43 Å². The number of nitro benzene ring substituents is 1. The minimum atomic E-state index is -0.583. The van der Waals surface area contributed by atoms with E-state index in [2.05, 4.69) is 33.4 Å². The molecule has 0 saturated heterocycles. The lowest BCUT2D eigenvalue weighted by atomic mass is 10.1. The second-order valence-electron chi connectivity index (χ2n) is 5.26. The van der Waals surface area contributed by atoms with Gasteiger partial charge in [-0.2, -0.15) is 5.10 Å². The number of amides is 1. The third kappa shape index (κ3) is 5.12. The Labute approximate surface area is 152 Å². The molecule has 0 aliphatic rings. The zero-order chi connectivity index (χ0) is 18.4. The van der Waals surface area contributed by atoms with Crippen LogP contribution in [0.5, 0.6) is 5.75 Å². The van der Waals surface area contributed by atoms with Gasteiger partial charge < -0.3 is 5.11 Å². The first-order valence-electron chi connectivity index (χ1n) is 7.47. The molecule has 1 amide bonds. The van der Waals surface area contributed by atoms with Crippen molar-refractivity contribution in [3.63, 3.8) is 0 Å². The van der Waals surface area contributed by atoms with Gasteiger partial charge in [-0.1, -0.05) is 31.2 Å². The van der Waals surface area contributed by atoms with Crippen LogP contribution in [-0.4, -0.2) is 22.2 Å². The highest BCUT2D eigenvalue weighted by molar-refractivity contribution is 9.10. The van der Waals surface area contributed by atoms with Crippen molar-refractivity contribution in [2.45, 2.75) is 19.8 Å². The molecule has 7 nitrogen and oxygen atoms in total. The first-order valence-corrected chi connectivity index (χ1v) is 8.26. The van der Waals surface area contributed by atoms with Crippen molar-refractivity contribution in [1.29, 1.82) is 0 Å². The van der Waals surface area contributed by atoms with Gasteiger partial charge in [-0.25, -0.2) is 5.43 Å². The van der Waals surface area contributed by atoms with Crippen LogP contribution in [0.1, 0.15) is 23.6 Å². The first-order chi connectivity index (χ1) is 11.9. The maximum atomic E-state index is 11.9. The van der Waals surface area contributed by atoms with E-state index in [9.17, 15) is 20.0 Å². The standard InChI is InChI=1S/C17H16BrN3O4/c1-2-11-3-5-12(6-4-11)7-16(22)20-19-10-13-8-14(21(24)25)9-15(18)17(13)23/h3-6,8-10,23H,2,7H2,1H3,(H,20,22)/b19-10+. The van der Waals surface area contributed by atoms with E-state index in [0.717, 1.165) is 18.2 Å². The number of phenolic OH excluding ortho intramolecular Hbond substituents is 1. The minimum Gasteiger partial charge on any atom is -0.506 e. The van der Waals surface area contributed by atoms with Crippen LogP contribution >= 0.6 is 15.9 Å². The van der Waals surface area contributed by atoms with Crippen LogP contribution in [0.25, 0.3) is 0 Å². The van der Waals surface area contributed by atoms with Crippen molar-refractivity contribution in [3.8, 4) is 5.75 Å². The molecule has 0 aliphatic heterocycles. The number of aromatic hydroxyl groups is 1. The molecule has 0 heterocycles. The van der Waals surface area contributed by atoms with Crippen LogP contribution in [0.15, 0.2) is 46.0 Å². The highest BCUT2D eigenvalue weighted by Gasteiger charge is 2.13. The van der Waals surface area contributed by atoms with E-state index in [-0.39, 0.29) is 33.8 Å². The lowest BCUT2D eigenvalue weighted by molar-refractivity contribution is -0.385. The van der Waals surface area contributed by atoms with E-state index in [4.69, 9.17) is 0 Å². The third-order valence-electron chi connectivity index (χ3n) is 3.48. The fraction of sp³-hybridized carbons (Fsp3) is 0.176. The summed E-state index contributed by atoms with van der Waals surface area (Å²) in [6, 6.07) is 10.0. The summed E-state index contributed by atoms with van der Waals surface area (Å²) in [4.78, 5) is 22.1. The van der Waals surface area contributed by atoms with Gasteiger partial charge in [0.1, 0.15) is 5.75 Å². The van der Waals surface area contributed by atoms with Gasteiger partial charge in [0.15, 0.2) is 0 Å². The van der Waals surface area contributed by atoms with Crippen molar-refractivity contribution < 1.29 is 14.8 Å². The maximum absolute atomic E-state index is 11.9. The average Bonchev–Trinajstić information content (AvgIpc) is 2.59. The lowest BCUT2D eigenvalue weighted by Crippen LogP contribution is -2.19. The summed E-state index contributed by atoms with van der Waals surface area (Å²) in [7, 11) is 0. The largest absolute Gasteiger partial charge is 0.506 e. The number of rotatable bonds is 6. The Balaban J connectivity index is 2.02. The van der Waals surface area contributed by atoms with Crippen LogP contribution in [0.3, 0.4) is 0 Å². The molecule has 0 aromatic heterocycles. The van der Waals surface area contributed by atoms with Crippen molar-refractivity contribution in [2.24, 2.45) is 5.10 Å². The number of hydrogen-bond acceptors (Lipinski definition) is 5. The van der Waals surface area contributed by atoms with Gasteiger partial charge in [-0.05, 0) is 33.5 Å². The van der Waals surface area contributed by atoms with Gasteiger partial charge in [0.25, 0.3) is 5.69 Å². The molecule has 2 aromatic rings. The van der Waals surface area contributed by atoms with E-state index in [1.165, 1.54) is 17.7 Å². The predicted molar refractivity (Wildman–Crippen MR) is 97.7 cm³/mol. The summed E-state index contributed by atoms with van der Waals surface area (Å²) in [5, 5.41) is 24.5. The number of benzene rings is 2. The predicted octanol–water partition coefficient (Wildman–Crippen LogP) is 3.32. The molecule has 0 aliphatic carbocycles. The van der Waals surface area contributed by atoms with E-state index < -0.39 is 4.92 Å². The molecule has 8 heteroatoms. The number of nitrogens with one attached hydrogen (secondary N) is 1. The molecule has 0 atom stereocenters. The highest BCUT2D eigenvalue weighted by Crippen LogP contribution is 2.31. The van der Waals surface area contributed by atoms with E-state index in [0.29, 0.717) is 0 Å². The monoisotopic (exact) mass is 405 g/mol. The number of non-ortho nitro benzene ring substituents is 1. The van der Waals surface area contributed by atoms with Crippen LogP contribution in [-0.2, 0) is 17.6 Å². The normalized spacial score (nSPS) is 10.8. The maximum Gasteiger partial charge on any atom is 0.271 e. The average molecular weight is 406 g/mol. The fourth-order valence-electron chi connectivity index (χ4n) is 2.10. The SMILES string of the molecule is CCc1ccc(CC(=O)N/N=C/c2cc([N+](=O)[O-])cc(Br)c2O)cc1. The summed E-state index contributed by atoms with van der Waals surface area (Å²) in [6.45, 7) is 2.05. The number of nitrogens with zero attached hydrogens (tertiary/aromatic N) is 2. The smallest absolute Gasteiger partial charge is 0.271 e. The van der Waals surface area contributed by atoms with Gasteiger partial charge in [-0.3, -0.25) is 14.9 Å². The summed E-state index contributed by atoms with van der Waals surface area (Å²) in [5.41, 5.74) is 4.30. The minimum absolute atomic E-state index is 0.119. The van der Waals surface area contributed by atoms with Gasteiger partial charge in [0.2, 0.25) is 5.91 Å². The quantitative estimate of drug-likeness (QED) is 0.436. The number of halogens is 1. The Morgan fingerprint density at radius 3 is 2.56 bits per heavy atom. The molecule has 0 spiro atoms. The molecule has 130 valence electrons. The fourth-order valence-corrected chi connectivity index (χ4v) is 2.56. The van der Waals surface area contributed by atoms with Crippen LogP contribution in [0.4, 0.5) is 5.69 Å². The summed E-state index contributed by atoms with van der Waals surface area (Å²) in [6.07, 6.45) is 2.25. The van der Waals surface area contributed by atoms with E-state index in [1.54, 1.807) is 0 Å². The summed E-state index contributed by atoms with van der Waals surface area (Å²) >= 11 is 3.04. The first kappa shape index (κ1) is 18.6. The zero-order valence-corrected chi connectivity index (χ0v) is 15.0. The van der Waals surface area contributed by atoms with Crippen molar-refractivity contribution in [1.82, 2.24) is 5.43 Å².